The van der Waals surface area contributed by atoms with Crippen LogP contribution in [0.5, 0.6) is 0 Å². The third-order valence-corrected chi connectivity index (χ3v) is 4.83. The van der Waals surface area contributed by atoms with Crippen molar-refractivity contribution in [2.24, 2.45) is 0 Å². The lowest BCUT2D eigenvalue weighted by Gasteiger charge is -2.35. The fourth-order valence-electron chi connectivity index (χ4n) is 3.35. The molecular weight excluding hydrogens is 338 g/mol. The molecule has 2 heterocycles. The second-order valence-electron chi connectivity index (χ2n) is 8.62. The molecule has 146 valence electrons. The van der Waals surface area contributed by atoms with E-state index in [0.717, 1.165) is 30.8 Å². The van der Waals surface area contributed by atoms with Crippen molar-refractivity contribution in [3.63, 3.8) is 0 Å². The minimum Gasteiger partial charge on any atom is -0.444 e. The maximum absolute atomic E-state index is 12.3. The summed E-state index contributed by atoms with van der Waals surface area (Å²) in [6, 6.07) is 10.6. The maximum atomic E-state index is 12.3. The van der Waals surface area contributed by atoms with Crippen LogP contribution in [0.2, 0.25) is 0 Å². The van der Waals surface area contributed by atoms with Crippen molar-refractivity contribution in [1.82, 2.24) is 14.8 Å². The van der Waals surface area contributed by atoms with E-state index in [0.29, 0.717) is 19.0 Å². The van der Waals surface area contributed by atoms with Gasteiger partial charge in [-0.2, -0.15) is 0 Å². The highest BCUT2D eigenvalue weighted by Gasteiger charge is 2.26. The molecule has 3 rings (SSSR count). The predicted molar refractivity (Wildman–Crippen MR) is 109 cm³/mol. The molecule has 0 N–H and O–H groups in total. The van der Waals surface area contributed by atoms with Gasteiger partial charge in [0.15, 0.2) is 0 Å². The molecule has 5 nitrogen and oxygen atoms in total. The van der Waals surface area contributed by atoms with Crippen LogP contribution in [0, 0.1) is 0 Å². The summed E-state index contributed by atoms with van der Waals surface area (Å²) in [4.78, 5) is 21.3. The number of hydrogen-bond donors (Lipinski definition) is 0. The average molecular weight is 370 g/mol. The van der Waals surface area contributed by atoms with Gasteiger partial charge < -0.3 is 9.64 Å². The smallest absolute Gasteiger partial charge is 0.410 e. The monoisotopic (exact) mass is 369 g/mol. The van der Waals surface area contributed by atoms with E-state index in [-0.39, 0.29) is 6.09 Å². The van der Waals surface area contributed by atoms with Crippen molar-refractivity contribution in [2.45, 2.75) is 52.7 Å². The Bertz CT molecular complexity index is 803. The Labute approximate surface area is 162 Å². The highest BCUT2D eigenvalue weighted by atomic mass is 16.6. The van der Waals surface area contributed by atoms with Crippen LogP contribution in [0.3, 0.4) is 0 Å². The molecule has 2 aromatic rings. The molecule has 0 aliphatic carbocycles. The first-order chi connectivity index (χ1) is 12.7. The van der Waals surface area contributed by atoms with E-state index in [4.69, 9.17) is 9.72 Å². The van der Waals surface area contributed by atoms with E-state index in [2.05, 4.69) is 43.0 Å². The summed E-state index contributed by atoms with van der Waals surface area (Å²) in [5.41, 5.74) is 3.06. The zero-order valence-corrected chi connectivity index (χ0v) is 17.2. The first-order valence-electron chi connectivity index (χ1n) is 9.82. The number of benzene rings is 1. The Hall–Kier alpha value is -2.14. The summed E-state index contributed by atoms with van der Waals surface area (Å²) in [6.07, 6.45) is -0.210. The Morgan fingerprint density at radius 1 is 1.15 bits per heavy atom. The van der Waals surface area contributed by atoms with Gasteiger partial charge in [0, 0.05) is 43.8 Å². The quantitative estimate of drug-likeness (QED) is 0.804. The standard InChI is InChI=1S/C22H31N3O2/c1-16(2)20-14-17(18-8-6-7-9-19(18)23-20)15-24-10-12-25(13-11-24)21(26)27-22(3,4)5/h6-9,14,16H,10-13,15H2,1-5H3. The third kappa shape index (κ3) is 4.98. The molecular formula is C22H31N3O2. The first kappa shape index (κ1) is 19.6. The minimum atomic E-state index is -0.447. The number of nitrogens with zero attached hydrogens (tertiary/aromatic N) is 3. The largest absolute Gasteiger partial charge is 0.444 e. The number of rotatable bonds is 3. The summed E-state index contributed by atoms with van der Waals surface area (Å²) < 4.78 is 5.49. The molecule has 1 aromatic heterocycles. The number of ether oxygens (including phenoxy) is 1. The van der Waals surface area contributed by atoms with Gasteiger partial charge in [-0.3, -0.25) is 9.88 Å². The molecule has 0 spiro atoms. The minimum absolute atomic E-state index is 0.210. The Kier molecular flexibility index (Phi) is 5.70. The lowest BCUT2D eigenvalue weighted by molar-refractivity contribution is 0.0139. The van der Waals surface area contributed by atoms with Crippen molar-refractivity contribution < 1.29 is 9.53 Å². The molecule has 0 radical (unpaired) electrons. The van der Waals surface area contributed by atoms with Crippen LogP contribution in [0.1, 0.15) is 51.8 Å². The number of carbonyl (C=O) groups excluding carboxylic acids is 1. The number of fused-ring (bicyclic) bond motifs is 1. The van der Waals surface area contributed by atoms with Crippen molar-refractivity contribution in [3.05, 3.63) is 41.6 Å². The van der Waals surface area contributed by atoms with Gasteiger partial charge in [0.05, 0.1) is 5.52 Å². The number of hydrogen-bond acceptors (Lipinski definition) is 4. The molecule has 1 aliphatic rings. The van der Waals surface area contributed by atoms with Gasteiger partial charge in [0.25, 0.3) is 0 Å². The molecule has 1 fully saturated rings. The molecule has 1 aliphatic heterocycles. The number of carbonyl (C=O) groups is 1. The molecule has 0 atom stereocenters. The molecule has 27 heavy (non-hydrogen) atoms. The van der Waals surface area contributed by atoms with E-state index in [1.165, 1.54) is 10.9 Å². The zero-order chi connectivity index (χ0) is 19.6. The second kappa shape index (κ2) is 7.85. The van der Waals surface area contributed by atoms with Crippen LogP contribution in [0.15, 0.2) is 30.3 Å². The van der Waals surface area contributed by atoms with Gasteiger partial charge in [0.1, 0.15) is 5.60 Å². The molecule has 0 bridgehead atoms. The van der Waals surface area contributed by atoms with E-state index in [1.54, 1.807) is 0 Å². The van der Waals surface area contributed by atoms with Crippen LogP contribution in [-0.2, 0) is 11.3 Å². The van der Waals surface area contributed by atoms with Gasteiger partial charge in [-0.25, -0.2) is 4.79 Å². The summed E-state index contributed by atoms with van der Waals surface area (Å²) in [5.74, 6) is 0.400. The highest BCUT2D eigenvalue weighted by molar-refractivity contribution is 5.82. The van der Waals surface area contributed by atoms with Crippen molar-refractivity contribution in [1.29, 1.82) is 0 Å². The van der Waals surface area contributed by atoms with Gasteiger partial charge in [-0.15, -0.1) is 0 Å². The summed E-state index contributed by atoms with van der Waals surface area (Å²) in [6.45, 7) is 14.1. The van der Waals surface area contributed by atoms with E-state index in [1.807, 2.05) is 31.7 Å². The number of para-hydroxylation sites is 1. The highest BCUT2D eigenvalue weighted by Crippen LogP contribution is 2.24. The number of amides is 1. The summed E-state index contributed by atoms with van der Waals surface area (Å²) in [7, 11) is 0. The van der Waals surface area contributed by atoms with E-state index >= 15 is 0 Å². The van der Waals surface area contributed by atoms with Crippen molar-refractivity contribution in [3.8, 4) is 0 Å². The van der Waals surface area contributed by atoms with Crippen LogP contribution in [0.4, 0.5) is 4.79 Å². The van der Waals surface area contributed by atoms with Gasteiger partial charge in [-0.05, 0) is 44.4 Å². The molecule has 1 aromatic carbocycles. The fourth-order valence-corrected chi connectivity index (χ4v) is 3.35. The van der Waals surface area contributed by atoms with Gasteiger partial charge >= 0.3 is 6.09 Å². The topological polar surface area (TPSA) is 45.7 Å². The van der Waals surface area contributed by atoms with Gasteiger partial charge in [0.2, 0.25) is 0 Å². The SMILES string of the molecule is CC(C)c1cc(CN2CCN(C(=O)OC(C)(C)C)CC2)c2ccccc2n1. The average Bonchev–Trinajstić information content (AvgIpc) is 2.60. The Balaban J connectivity index is 1.69. The van der Waals surface area contributed by atoms with E-state index in [9.17, 15) is 4.79 Å². The Morgan fingerprint density at radius 3 is 2.44 bits per heavy atom. The van der Waals surface area contributed by atoms with E-state index < -0.39 is 5.60 Å². The first-order valence-corrected chi connectivity index (χ1v) is 9.82. The molecule has 1 saturated heterocycles. The molecule has 1 amide bonds. The predicted octanol–water partition coefficient (Wildman–Crippen LogP) is 4.41. The van der Waals surface area contributed by atoms with Crippen LogP contribution < -0.4 is 0 Å². The summed E-state index contributed by atoms with van der Waals surface area (Å²) in [5, 5.41) is 1.22. The number of piperazine rings is 1. The maximum Gasteiger partial charge on any atom is 0.410 e. The summed E-state index contributed by atoms with van der Waals surface area (Å²) >= 11 is 0. The number of aromatic nitrogens is 1. The lowest BCUT2D eigenvalue weighted by Crippen LogP contribution is -2.49. The lowest BCUT2D eigenvalue weighted by atomic mass is 10.0. The fraction of sp³-hybridized carbons (Fsp3) is 0.545. The zero-order valence-electron chi connectivity index (χ0n) is 17.2. The third-order valence-electron chi connectivity index (χ3n) is 4.83. The molecule has 0 saturated carbocycles. The molecule has 5 heteroatoms. The normalized spacial score (nSPS) is 16.1. The van der Waals surface area contributed by atoms with Crippen molar-refractivity contribution in [2.75, 3.05) is 26.2 Å². The van der Waals surface area contributed by atoms with Crippen LogP contribution in [0.25, 0.3) is 10.9 Å². The molecule has 0 unspecified atom stereocenters. The number of pyridine rings is 1. The second-order valence-corrected chi connectivity index (χ2v) is 8.62. The Morgan fingerprint density at radius 2 is 1.81 bits per heavy atom. The van der Waals surface area contributed by atoms with Crippen LogP contribution >= 0.6 is 0 Å². The van der Waals surface area contributed by atoms with Gasteiger partial charge in [-0.1, -0.05) is 32.0 Å². The van der Waals surface area contributed by atoms with Crippen LogP contribution in [-0.4, -0.2) is 52.7 Å². The van der Waals surface area contributed by atoms with Crippen molar-refractivity contribution >= 4 is 17.0 Å².